The van der Waals surface area contributed by atoms with Gasteiger partial charge in [-0.1, -0.05) is 194 Å². The van der Waals surface area contributed by atoms with Crippen LogP contribution in [0.5, 0.6) is 0 Å². The molecule has 0 heterocycles. The third kappa shape index (κ3) is 33.8. The predicted molar refractivity (Wildman–Crippen MR) is 187 cm³/mol. The van der Waals surface area contributed by atoms with Crippen LogP contribution in [0.25, 0.3) is 0 Å². The van der Waals surface area contributed by atoms with Gasteiger partial charge in [0.05, 0.1) is 6.61 Å². The molecule has 5 nitrogen and oxygen atoms in total. The molecule has 0 aromatic carbocycles. The van der Waals surface area contributed by atoms with Crippen LogP contribution in [0.15, 0.2) is 0 Å². The van der Waals surface area contributed by atoms with Crippen LogP contribution in [0.4, 0.5) is 0 Å². The second-order valence-electron chi connectivity index (χ2n) is 13.4. The Hall–Kier alpha value is -1.10. The molecule has 5 heteroatoms. The van der Waals surface area contributed by atoms with Crippen molar-refractivity contribution in [2.75, 3.05) is 13.2 Å². The molecule has 0 aromatic rings. The minimum Gasteiger partial charge on any atom is -0.462 e. The van der Waals surface area contributed by atoms with E-state index in [1.807, 2.05) is 0 Å². The summed E-state index contributed by atoms with van der Waals surface area (Å²) in [6.45, 7) is 4.16. The van der Waals surface area contributed by atoms with Gasteiger partial charge in [-0.05, 0) is 12.8 Å². The second kappa shape index (κ2) is 36.4. The van der Waals surface area contributed by atoms with Crippen molar-refractivity contribution in [2.45, 2.75) is 225 Å². The molecule has 0 aliphatic carbocycles. The summed E-state index contributed by atoms with van der Waals surface area (Å²) in [6.07, 6.45) is 38.7. The minimum absolute atomic E-state index is 0.0569. The third-order valence-corrected chi connectivity index (χ3v) is 8.90. The lowest BCUT2D eigenvalue weighted by atomic mass is 10.0. The Bertz CT molecular complexity index is 593. The van der Waals surface area contributed by atoms with Crippen molar-refractivity contribution >= 4 is 11.9 Å². The quantitative estimate of drug-likeness (QED) is 0.0554. The van der Waals surface area contributed by atoms with Crippen LogP contribution in [0.1, 0.15) is 219 Å². The summed E-state index contributed by atoms with van der Waals surface area (Å²) in [6, 6.07) is 0. The van der Waals surface area contributed by atoms with Crippen molar-refractivity contribution in [2.24, 2.45) is 0 Å². The minimum atomic E-state index is -0.760. The Morgan fingerprint density at radius 3 is 1.00 bits per heavy atom. The molecule has 0 aliphatic rings. The lowest BCUT2D eigenvalue weighted by Crippen LogP contribution is -2.28. The highest BCUT2D eigenvalue weighted by Crippen LogP contribution is 2.15. The van der Waals surface area contributed by atoms with Gasteiger partial charge in [-0.3, -0.25) is 9.59 Å². The van der Waals surface area contributed by atoms with Crippen molar-refractivity contribution in [1.82, 2.24) is 0 Å². The van der Waals surface area contributed by atoms with E-state index < -0.39 is 6.10 Å². The van der Waals surface area contributed by atoms with Crippen LogP contribution < -0.4 is 0 Å². The summed E-state index contributed by atoms with van der Waals surface area (Å²) >= 11 is 0. The maximum Gasteiger partial charge on any atom is 0.306 e. The molecule has 1 N–H and O–H groups in total. The number of carbonyl (C=O) groups excluding carboxylic acids is 2. The van der Waals surface area contributed by atoms with Crippen LogP contribution in [-0.4, -0.2) is 36.4 Å². The number of carbonyl (C=O) groups is 2. The molecule has 262 valence electrons. The first-order valence-electron chi connectivity index (χ1n) is 19.6. The predicted octanol–water partition coefficient (Wildman–Crippen LogP) is 12.0. The van der Waals surface area contributed by atoms with Gasteiger partial charge in [-0.25, -0.2) is 0 Å². The van der Waals surface area contributed by atoms with Gasteiger partial charge in [0.15, 0.2) is 6.10 Å². The number of aliphatic hydroxyl groups excluding tert-OH is 1. The second-order valence-corrected chi connectivity index (χ2v) is 13.4. The maximum absolute atomic E-state index is 12.1. The average Bonchev–Trinajstić information content (AvgIpc) is 3.02. The molecule has 1 atom stereocenters. The Morgan fingerprint density at radius 1 is 0.432 bits per heavy atom. The summed E-state index contributed by atoms with van der Waals surface area (Å²) in [7, 11) is 0. The summed E-state index contributed by atoms with van der Waals surface area (Å²) in [5, 5.41) is 9.54. The standard InChI is InChI=1S/C39H76O5/c1-3-5-7-9-11-13-15-17-19-21-23-25-27-29-31-33-38(41)43-36-37(35-40)44-39(42)34-32-30-28-26-24-22-20-18-16-14-12-10-8-6-4-2/h37,40H,3-36H2,1-2H3/t37-/m1/s1. The fourth-order valence-electron chi connectivity index (χ4n) is 5.91. The van der Waals surface area contributed by atoms with E-state index >= 15 is 0 Å². The summed E-state index contributed by atoms with van der Waals surface area (Å²) in [5.74, 6) is -0.575. The SMILES string of the molecule is CCCCCCCCCCCCCCCCCC(=O)OC[C@@H](CO)OC(=O)CCCCCCCCCCCCCCCCC. The van der Waals surface area contributed by atoms with E-state index in [2.05, 4.69) is 13.8 Å². The van der Waals surface area contributed by atoms with E-state index in [0.29, 0.717) is 12.8 Å². The molecule has 0 unspecified atom stereocenters. The number of esters is 2. The van der Waals surface area contributed by atoms with Crippen LogP contribution >= 0.6 is 0 Å². The van der Waals surface area contributed by atoms with Crippen molar-refractivity contribution in [3.63, 3.8) is 0 Å². The van der Waals surface area contributed by atoms with Gasteiger partial charge in [0, 0.05) is 12.8 Å². The van der Waals surface area contributed by atoms with Crippen LogP contribution in [0.2, 0.25) is 0 Å². The Morgan fingerprint density at radius 2 is 0.705 bits per heavy atom. The summed E-state index contributed by atoms with van der Waals surface area (Å²) in [5.41, 5.74) is 0. The molecule has 0 bridgehead atoms. The van der Waals surface area contributed by atoms with Gasteiger partial charge < -0.3 is 14.6 Å². The first-order valence-corrected chi connectivity index (χ1v) is 19.6. The molecule has 44 heavy (non-hydrogen) atoms. The molecule has 0 fully saturated rings. The highest BCUT2D eigenvalue weighted by atomic mass is 16.6. The van der Waals surface area contributed by atoms with E-state index in [-0.39, 0.29) is 25.2 Å². The highest BCUT2D eigenvalue weighted by Gasteiger charge is 2.16. The molecule has 0 spiro atoms. The maximum atomic E-state index is 12.1. The first-order chi connectivity index (χ1) is 21.6. The molecule has 0 aliphatic heterocycles. The zero-order valence-electron chi connectivity index (χ0n) is 29.7. The first kappa shape index (κ1) is 42.9. The molecule has 0 radical (unpaired) electrons. The van der Waals surface area contributed by atoms with Gasteiger partial charge in [0.1, 0.15) is 6.61 Å². The largest absolute Gasteiger partial charge is 0.462 e. The van der Waals surface area contributed by atoms with E-state index in [1.165, 1.54) is 161 Å². The van der Waals surface area contributed by atoms with E-state index in [1.54, 1.807) is 0 Å². The number of hydrogen-bond acceptors (Lipinski definition) is 5. The van der Waals surface area contributed by atoms with Gasteiger partial charge >= 0.3 is 11.9 Å². The molecule has 0 saturated heterocycles. The monoisotopic (exact) mass is 625 g/mol. The van der Waals surface area contributed by atoms with Crippen molar-refractivity contribution in [3.05, 3.63) is 0 Å². The lowest BCUT2D eigenvalue weighted by Gasteiger charge is -2.15. The Labute approximate surface area is 274 Å². The average molecular weight is 625 g/mol. The smallest absolute Gasteiger partial charge is 0.306 e. The van der Waals surface area contributed by atoms with Crippen molar-refractivity contribution in [1.29, 1.82) is 0 Å². The Kier molecular flexibility index (Phi) is 35.5. The molecule has 0 aromatic heterocycles. The van der Waals surface area contributed by atoms with Gasteiger partial charge in [0.2, 0.25) is 0 Å². The topological polar surface area (TPSA) is 72.8 Å². The molecule has 0 amide bonds. The van der Waals surface area contributed by atoms with Crippen LogP contribution in [0, 0.1) is 0 Å². The number of ether oxygens (including phenoxy) is 2. The van der Waals surface area contributed by atoms with Crippen LogP contribution in [0.3, 0.4) is 0 Å². The normalized spacial score (nSPS) is 12.0. The number of aliphatic hydroxyl groups is 1. The fourth-order valence-corrected chi connectivity index (χ4v) is 5.91. The molecule has 0 rings (SSSR count). The molecule has 0 saturated carbocycles. The third-order valence-electron chi connectivity index (χ3n) is 8.90. The van der Waals surface area contributed by atoms with Gasteiger partial charge in [-0.2, -0.15) is 0 Å². The number of unbranched alkanes of at least 4 members (excludes halogenated alkanes) is 28. The van der Waals surface area contributed by atoms with Gasteiger partial charge in [-0.15, -0.1) is 0 Å². The zero-order chi connectivity index (χ0) is 32.2. The highest BCUT2D eigenvalue weighted by molar-refractivity contribution is 5.70. The van der Waals surface area contributed by atoms with Crippen molar-refractivity contribution < 1.29 is 24.2 Å². The number of rotatable bonds is 36. The summed E-state index contributed by atoms with van der Waals surface area (Å²) in [4.78, 5) is 24.2. The summed E-state index contributed by atoms with van der Waals surface area (Å²) < 4.78 is 10.6. The van der Waals surface area contributed by atoms with E-state index in [9.17, 15) is 14.7 Å². The zero-order valence-corrected chi connectivity index (χ0v) is 29.7. The van der Waals surface area contributed by atoms with E-state index in [4.69, 9.17) is 9.47 Å². The van der Waals surface area contributed by atoms with Crippen molar-refractivity contribution in [3.8, 4) is 0 Å². The lowest BCUT2D eigenvalue weighted by molar-refractivity contribution is -0.161. The molecular formula is C39H76O5. The van der Waals surface area contributed by atoms with E-state index in [0.717, 1.165) is 32.1 Å². The number of hydrogen-bond donors (Lipinski definition) is 1. The molecular weight excluding hydrogens is 548 g/mol. The van der Waals surface area contributed by atoms with Gasteiger partial charge in [0.25, 0.3) is 0 Å². The Balaban J connectivity index is 3.49. The van der Waals surface area contributed by atoms with Crippen LogP contribution in [-0.2, 0) is 19.1 Å². The fraction of sp³-hybridized carbons (Fsp3) is 0.949.